The summed E-state index contributed by atoms with van der Waals surface area (Å²) in [7, 11) is 0. The summed E-state index contributed by atoms with van der Waals surface area (Å²) in [6.45, 7) is 3.58. The van der Waals surface area contributed by atoms with Crippen molar-refractivity contribution in [2.75, 3.05) is 13.1 Å². The van der Waals surface area contributed by atoms with Crippen molar-refractivity contribution >= 4 is 35.0 Å². The lowest BCUT2D eigenvalue weighted by Crippen LogP contribution is -2.35. The number of piperidine rings is 1. The molecule has 0 unspecified atom stereocenters. The quantitative estimate of drug-likeness (QED) is 0.563. The van der Waals surface area contributed by atoms with E-state index in [9.17, 15) is 4.79 Å². The number of ketones is 1. The number of thiocarbonyl (C=S) groups is 1. The summed E-state index contributed by atoms with van der Waals surface area (Å²) in [5.41, 5.74) is 0. The molecule has 1 saturated heterocycles. The number of thiol groups is 1. The van der Waals surface area contributed by atoms with Gasteiger partial charge in [-0.3, -0.25) is 0 Å². The highest BCUT2D eigenvalue weighted by atomic mass is 32.1. The van der Waals surface area contributed by atoms with Gasteiger partial charge in [0.05, 0.1) is 0 Å². The first kappa shape index (κ1) is 11.0. The first-order valence-corrected chi connectivity index (χ1v) is 5.42. The van der Waals surface area contributed by atoms with Gasteiger partial charge in [-0.1, -0.05) is 12.2 Å². The Morgan fingerprint density at radius 2 is 2.08 bits per heavy atom. The molecule has 1 aliphatic heterocycles. The van der Waals surface area contributed by atoms with Gasteiger partial charge >= 0.3 is 0 Å². The average molecular weight is 217 g/mol. The summed E-state index contributed by atoms with van der Waals surface area (Å²) in [4.78, 5) is 13.0. The van der Waals surface area contributed by atoms with Crippen molar-refractivity contribution in [2.45, 2.75) is 26.2 Å². The molecular formula is C9H15NOS2. The van der Waals surface area contributed by atoms with E-state index in [0.29, 0.717) is 16.0 Å². The molecule has 0 N–H and O–H groups in total. The molecule has 0 saturated carbocycles. The van der Waals surface area contributed by atoms with Gasteiger partial charge in [-0.15, -0.1) is 12.6 Å². The van der Waals surface area contributed by atoms with Gasteiger partial charge in [0.2, 0.25) is 0 Å². The van der Waals surface area contributed by atoms with Crippen LogP contribution in [0.1, 0.15) is 26.2 Å². The molecule has 0 amide bonds. The Morgan fingerprint density at radius 1 is 1.54 bits per heavy atom. The Hall–Kier alpha value is -0.0900. The molecule has 2 nitrogen and oxygen atoms in total. The summed E-state index contributed by atoms with van der Waals surface area (Å²) in [6.07, 6.45) is 2.87. The normalized spacial score (nSPS) is 18.8. The van der Waals surface area contributed by atoms with Crippen LogP contribution in [0.25, 0.3) is 0 Å². The Labute approximate surface area is 90.1 Å². The van der Waals surface area contributed by atoms with Crippen molar-refractivity contribution in [2.24, 2.45) is 5.92 Å². The van der Waals surface area contributed by atoms with E-state index in [2.05, 4.69) is 17.5 Å². The van der Waals surface area contributed by atoms with Crippen LogP contribution in [-0.4, -0.2) is 28.1 Å². The van der Waals surface area contributed by atoms with Crippen molar-refractivity contribution < 1.29 is 4.79 Å². The Morgan fingerprint density at radius 3 is 2.46 bits per heavy atom. The predicted octanol–water partition coefficient (Wildman–Crippen LogP) is 1.89. The molecule has 74 valence electrons. The lowest BCUT2D eigenvalue weighted by atomic mass is 9.92. The number of rotatable bonds is 2. The van der Waals surface area contributed by atoms with Crippen LogP contribution in [0.2, 0.25) is 0 Å². The molecular weight excluding hydrogens is 202 g/mol. The van der Waals surface area contributed by atoms with Gasteiger partial charge in [0.1, 0.15) is 10.1 Å². The number of likely N-dealkylation sites (tertiary alicyclic amines) is 1. The smallest absolute Gasteiger partial charge is 0.133 e. The van der Waals surface area contributed by atoms with E-state index < -0.39 is 0 Å². The summed E-state index contributed by atoms with van der Waals surface area (Å²) >= 11 is 9.10. The second-order valence-electron chi connectivity index (χ2n) is 3.62. The van der Waals surface area contributed by atoms with Crippen LogP contribution in [-0.2, 0) is 4.79 Å². The molecule has 0 aromatic heterocycles. The SMILES string of the molecule is CC(=O)CC1CCN(C(=S)S)CC1. The van der Waals surface area contributed by atoms with Crippen LogP contribution >= 0.6 is 24.8 Å². The highest BCUT2D eigenvalue weighted by Gasteiger charge is 2.20. The number of hydrogen-bond donors (Lipinski definition) is 1. The Kier molecular flexibility index (Phi) is 4.19. The second kappa shape index (κ2) is 4.96. The molecule has 0 aromatic rings. The minimum absolute atomic E-state index is 0.298. The zero-order valence-corrected chi connectivity index (χ0v) is 9.53. The van der Waals surface area contributed by atoms with Gasteiger partial charge in [0, 0.05) is 19.5 Å². The van der Waals surface area contributed by atoms with E-state index in [1.54, 1.807) is 6.92 Å². The lowest BCUT2D eigenvalue weighted by Gasteiger charge is -2.31. The zero-order chi connectivity index (χ0) is 9.84. The molecule has 0 aliphatic carbocycles. The van der Waals surface area contributed by atoms with Crippen LogP contribution in [0, 0.1) is 5.92 Å². The standard InChI is InChI=1S/C9H15NOS2/c1-7(11)6-8-2-4-10(5-3-8)9(12)13/h8H,2-6H2,1H3,(H,12,13). The Bertz CT molecular complexity index is 210. The van der Waals surface area contributed by atoms with Crippen LogP contribution in [0.15, 0.2) is 0 Å². The predicted molar refractivity (Wildman–Crippen MR) is 61.2 cm³/mol. The van der Waals surface area contributed by atoms with E-state index >= 15 is 0 Å². The van der Waals surface area contributed by atoms with Crippen molar-refractivity contribution in [3.8, 4) is 0 Å². The Balaban J connectivity index is 2.30. The maximum absolute atomic E-state index is 10.9. The van der Waals surface area contributed by atoms with Crippen molar-refractivity contribution in [1.29, 1.82) is 0 Å². The van der Waals surface area contributed by atoms with Crippen LogP contribution in [0.4, 0.5) is 0 Å². The molecule has 1 aliphatic rings. The van der Waals surface area contributed by atoms with E-state index in [-0.39, 0.29) is 0 Å². The number of Topliss-reactive ketones (excluding diaryl/α,β-unsaturated/α-hetero) is 1. The fourth-order valence-corrected chi connectivity index (χ4v) is 2.12. The van der Waals surface area contributed by atoms with Gasteiger partial charge in [0.25, 0.3) is 0 Å². The topological polar surface area (TPSA) is 20.3 Å². The monoisotopic (exact) mass is 217 g/mol. The van der Waals surface area contributed by atoms with Gasteiger partial charge in [-0.2, -0.15) is 0 Å². The molecule has 1 heterocycles. The van der Waals surface area contributed by atoms with Crippen LogP contribution < -0.4 is 0 Å². The molecule has 0 radical (unpaired) electrons. The molecule has 1 fully saturated rings. The van der Waals surface area contributed by atoms with E-state index in [0.717, 1.165) is 32.4 Å². The molecule has 0 bridgehead atoms. The lowest BCUT2D eigenvalue weighted by molar-refractivity contribution is -0.118. The number of carbonyl (C=O) groups excluding carboxylic acids is 1. The number of nitrogens with zero attached hydrogens (tertiary/aromatic N) is 1. The van der Waals surface area contributed by atoms with Crippen molar-refractivity contribution in [3.63, 3.8) is 0 Å². The average Bonchev–Trinajstić information content (AvgIpc) is 2.04. The molecule has 0 spiro atoms. The highest BCUT2D eigenvalue weighted by molar-refractivity contribution is 8.10. The van der Waals surface area contributed by atoms with E-state index in [4.69, 9.17) is 12.2 Å². The highest BCUT2D eigenvalue weighted by Crippen LogP contribution is 2.21. The van der Waals surface area contributed by atoms with Crippen LogP contribution in [0.5, 0.6) is 0 Å². The van der Waals surface area contributed by atoms with Crippen LogP contribution in [0.3, 0.4) is 0 Å². The molecule has 0 atom stereocenters. The van der Waals surface area contributed by atoms with Crippen molar-refractivity contribution in [1.82, 2.24) is 4.90 Å². The molecule has 4 heteroatoms. The van der Waals surface area contributed by atoms with Gasteiger partial charge in [-0.05, 0) is 25.7 Å². The first-order valence-electron chi connectivity index (χ1n) is 4.57. The summed E-state index contributed by atoms with van der Waals surface area (Å²) in [5, 5.41) is 0. The summed E-state index contributed by atoms with van der Waals surface area (Å²) < 4.78 is 0.682. The fourth-order valence-electron chi connectivity index (χ4n) is 1.73. The first-order chi connectivity index (χ1) is 6.09. The maximum atomic E-state index is 10.9. The zero-order valence-electron chi connectivity index (χ0n) is 7.82. The van der Waals surface area contributed by atoms with Gasteiger partial charge < -0.3 is 9.69 Å². The second-order valence-corrected chi connectivity index (χ2v) is 4.73. The maximum Gasteiger partial charge on any atom is 0.133 e. The fraction of sp³-hybridized carbons (Fsp3) is 0.778. The third-order valence-electron chi connectivity index (χ3n) is 2.46. The summed E-state index contributed by atoms with van der Waals surface area (Å²) in [5.74, 6) is 0.864. The summed E-state index contributed by atoms with van der Waals surface area (Å²) in [6, 6.07) is 0. The number of carbonyl (C=O) groups is 1. The largest absolute Gasteiger partial charge is 0.358 e. The van der Waals surface area contributed by atoms with E-state index in [1.165, 1.54) is 0 Å². The van der Waals surface area contributed by atoms with Gasteiger partial charge in [-0.25, -0.2) is 0 Å². The third-order valence-corrected chi connectivity index (χ3v) is 3.00. The minimum Gasteiger partial charge on any atom is -0.358 e. The third kappa shape index (κ3) is 3.65. The molecule has 0 aromatic carbocycles. The molecule has 13 heavy (non-hydrogen) atoms. The van der Waals surface area contributed by atoms with E-state index in [1.807, 2.05) is 0 Å². The minimum atomic E-state index is 0.298. The molecule has 1 rings (SSSR count). The number of hydrogen-bond acceptors (Lipinski definition) is 2. The van der Waals surface area contributed by atoms with Crippen molar-refractivity contribution in [3.05, 3.63) is 0 Å². The van der Waals surface area contributed by atoms with Gasteiger partial charge in [0.15, 0.2) is 0 Å².